The van der Waals surface area contributed by atoms with E-state index in [0.717, 1.165) is 0 Å². The zero-order chi connectivity index (χ0) is 11.9. The van der Waals surface area contributed by atoms with Crippen LogP contribution in [0.1, 0.15) is 27.2 Å². The molecule has 5 nitrogen and oxygen atoms in total. The van der Waals surface area contributed by atoms with E-state index in [-0.39, 0.29) is 18.9 Å². The van der Waals surface area contributed by atoms with Gasteiger partial charge in [-0.1, -0.05) is 6.92 Å². The number of nitrogens with one attached hydrogen (secondary N) is 1. The van der Waals surface area contributed by atoms with Gasteiger partial charge in [0, 0.05) is 13.2 Å². The van der Waals surface area contributed by atoms with Crippen molar-refractivity contribution in [3.05, 3.63) is 0 Å². The molecule has 0 bridgehead atoms. The van der Waals surface area contributed by atoms with Gasteiger partial charge in [0.15, 0.2) is 0 Å². The normalized spacial score (nSPS) is 16.3. The van der Waals surface area contributed by atoms with Gasteiger partial charge in [-0.05, 0) is 20.3 Å². The second-order valence-electron chi connectivity index (χ2n) is 3.69. The molecule has 0 spiro atoms. The molecule has 0 aromatic heterocycles. The molecule has 0 fully saturated rings. The van der Waals surface area contributed by atoms with E-state index < -0.39 is 15.6 Å². The first-order valence-corrected chi connectivity index (χ1v) is 6.75. The van der Waals surface area contributed by atoms with Gasteiger partial charge in [0.25, 0.3) is 0 Å². The van der Waals surface area contributed by atoms with Crippen LogP contribution in [0.2, 0.25) is 0 Å². The smallest absolute Gasteiger partial charge is 0.213 e. The van der Waals surface area contributed by atoms with E-state index >= 15 is 0 Å². The first kappa shape index (κ1) is 14.8. The molecule has 0 aromatic rings. The molecule has 0 saturated carbocycles. The van der Waals surface area contributed by atoms with Crippen molar-refractivity contribution in [2.24, 2.45) is 0 Å². The highest BCUT2D eigenvalue weighted by molar-refractivity contribution is 7.89. The number of sulfonamides is 1. The van der Waals surface area contributed by atoms with Gasteiger partial charge >= 0.3 is 0 Å². The van der Waals surface area contributed by atoms with Gasteiger partial charge in [-0.15, -0.1) is 0 Å². The van der Waals surface area contributed by atoms with Gasteiger partial charge in [-0.2, -0.15) is 0 Å². The van der Waals surface area contributed by atoms with Crippen molar-refractivity contribution in [2.75, 3.05) is 25.5 Å². The quantitative estimate of drug-likeness (QED) is 0.589. The van der Waals surface area contributed by atoms with Gasteiger partial charge in [-0.25, -0.2) is 13.1 Å². The Labute approximate surface area is 91.9 Å². The predicted octanol–water partition coefficient (Wildman–Crippen LogP) is 0.103. The average Bonchev–Trinajstić information content (AvgIpc) is 2.16. The molecule has 2 N–H and O–H groups in total. The summed E-state index contributed by atoms with van der Waals surface area (Å²) in [5, 5.41) is 9.60. The third kappa shape index (κ3) is 7.72. The zero-order valence-corrected chi connectivity index (χ0v) is 10.4. The molecule has 0 aliphatic carbocycles. The van der Waals surface area contributed by atoms with Crippen LogP contribution >= 0.6 is 0 Å². The van der Waals surface area contributed by atoms with Gasteiger partial charge in [0.05, 0.1) is 18.0 Å². The molecule has 15 heavy (non-hydrogen) atoms. The Balaban J connectivity index is 3.94. The number of ether oxygens (including phenoxy) is 1. The number of hydrogen-bond donors (Lipinski definition) is 2. The Kier molecular flexibility index (Phi) is 6.35. The Morgan fingerprint density at radius 1 is 1.40 bits per heavy atom. The van der Waals surface area contributed by atoms with Crippen LogP contribution in [-0.2, 0) is 14.8 Å². The molecule has 0 aromatic carbocycles. The SMILES string of the molecule is CCOCCS(=O)(=O)NCC(C)(O)CC. The fraction of sp³-hybridized carbons (Fsp3) is 1.00. The van der Waals surface area contributed by atoms with Crippen LogP contribution in [0.25, 0.3) is 0 Å². The van der Waals surface area contributed by atoms with E-state index in [1.165, 1.54) is 0 Å². The molecule has 92 valence electrons. The third-order valence-electron chi connectivity index (χ3n) is 2.14. The highest BCUT2D eigenvalue weighted by Crippen LogP contribution is 2.06. The van der Waals surface area contributed by atoms with Crippen LogP contribution in [0.4, 0.5) is 0 Å². The summed E-state index contributed by atoms with van der Waals surface area (Å²) in [5.41, 5.74) is -0.987. The molecule has 0 saturated heterocycles. The van der Waals surface area contributed by atoms with Crippen molar-refractivity contribution in [1.82, 2.24) is 4.72 Å². The molecule has 1 atom stereocenters. The van der Waals surface area contributed by atoms with E-state index in [0.29, 0.717) is 13.0 Å². The van der Waals surface area contributed by atoms with E-state index in [2.05, 4.69) is 4.72 Å². The summed E-state index contributed by atoms with van der Waals surface area (Å²) in [6.07, 6.45) is 0.501. The molecule has 0 aliphatic rings. The fourth-order valence-corrected chi connectivity index (χ4v) is 1.79. The lowest BCUT2D eigenvalue weighted by Crippen LogP contribution is -2.41. The lowest BCUT2D eigenvalue weighted by atomic mass is 10.1. The maximum atomic E-state index is 11.4. The topological polar surface area (TPSA) is 75.6 Å². The number of rotatable bonds is 8. The minimum atomic E-state index is -3.33. The summed E-state index contributed by atoms with van der Waals surface area (Å²) >= 11 is 0. The van der Waals surface area contributed by atoms with E-state index in [1.54, 1.807) is 13.8 Å². The Morgan fingerprint density at radius 2 is 2.00 bits per heavy atom. The molecule has 0 aliphatic heterocycles. The Bertz CT molecular complexity index is 261. The maximum absolute atomic E-state index is 11.4. The predicted molar refractivity (Wildman–Crippen MR) is 59.2 cm³/mol. The molecule has 1 unspecified atom stereocenters. The van der Waals surface area contributed by atoms with Crippen LogP contribution in [-0.4, -0.2) is 44.6 Å². The van der Waals surface area contributed by atoms with Crippen molar-refractivity contribution >= 4 is 10.0 Å². The Morgan fingerprint density at radius 3 is 2.47 bits per heavy atom. The van der Waals surface area contributed by atoms with E-state index in [9.17, 15) is 13.5 Å². The van der Waals surface area contributed by atoms with Crippen LogP contribution in [0.3, 0.4) is 0 Å². The molecule has 0 rings (SSSR count). The van der Waals surface area contributed by atoms with Crippen LogP contribution in [0.5, 0.6) is 0 Å². The average molecular weight is 239 g/mol. The van der Waals surface area contributed by atoms with Gasteiger partial charge in [0.1, 0.15) is 0 Å². The summed E-state index contributed by atoms with van der Waals surface area (Å²) in [6, 6.07) is 0. The monoisotopic (exact) mass is 239 g/mol. The number of aliphatic hydroxyl groups is 1. The van der Waals surface area contributed by atoms with Crippen LogP contribution in [0, 0.1) is 0 Å². The molecule has 0 amide bonds. The summed E-state index contributed by atoms with van der Waals surface area (Å²) in [5.74, 6) is -0.0688. The summed E-state index contributed by atoms with van der Waals surface area (Å²) in [6.45, 7) is 5.93. The maximum Gasteiger partial charge on any atom is 0.213 e. The largest absolute Gasteiger partial charge is 0.389 e. The lowest BCUT2D eigenvalue weighted by Gasteiger charge is -2.21. The van der Waals surface area contributed by atoms with Crippen molar-refractivity contribution in [1.29, 1.82) is 0 Å². The Hall–Kier alpha value is -0.170. The van der Waals surface area contributed by atoms with Gasteiger partial charge in [0.2, 0.25) is 10.0 Å². The summed E-state index contributed by atoms with van der Waals surface area (Å²) in [7, 11) is -3.33. The molecular formula is C9H21NO4S. The second-order valence-corrected chi connectivity index (χ2v) is 5.61. The first-order valence-electron chi connectivity index (χ1n) is 5.10. The van der Waals surface area contributed by atoms with Gasteiger partial charge in [-0.3, -0.25) is 0 Å². The summed E-state index contributed by atoms with van der Waals surface area (Å²) in [4.78, 5) is 0. The highest BCUT2D eigenvalue weighted by Gasteiger charge is 2.20. The summed E-state index contributed by atoms with van der Waals surface area (Å²) < 4.78 is 30.0. The van der Waals surface area contributed by atoms with Crippen molar-refractivity contribution in [3.8, 4) is 0 Å². The fourth-order valence-electron chi connectivity index (χ4n) is 0.776. The second kappa shape index (κ2) is 6.42. The van der Waals surface area contributed by atoms with Gasteiger partial charge < -0.3 is 9.84 Å². The van der Waals surface area contributed by atoms with E-state index in [1.807, 2.05) is 6.92 Å². The van der Waals surface area contributed by atoms with E-state index in [4.69, 9.17) is 4.74 Å². The van der Waals surface area contributed by atoms with Crippen LogP contribution in [0.15, 0.2) is 0 Å². The lowest BCUT2D eigenvalue weighted by molar-refractivity contribution is 0.0612. The van der Waals surface area contributed by atoms with Crippen molar-refractivity contribution < 1.29 is 18.3 Å². The van der Waals surface area contributed by atoms with Crippen molar-refractivity contribution in [3.63, 3.8) is 0 Å². The van der Waals surface area contributed by atoms with Crippen LogP contribution < -0.4 is 4.72 Å². The first-order chi connectivity index (χ1) is 6.83. The standard InChI is InChI=1S/C9H21NO4S/c1-4-9(3,11)8-10-15(12,13)7-6-14-5-2/h10-11H,4-8H2,1-3H3. The van der Waals surface area contributed by atoms with Crippen molar-refractivity contribution in [2.45, 2.75) is 32.8 Å². The minimum absolute atomic E-state index is 0.0396. The molecule has 6 heteroatoms. The molecule has 0 heterocycles. The molecule has 0 radical (unpaired) electrons. The number of hydrogen-bond acceptors (Lipinski definition) is 4. The minimum Gasteiger partial charge on any atom is -0.389 e. The zero-order valence-electron chi connectivity index (χ0n) is 9.62. The third-order valence-corrected chi connectivity index (χ3v) is 3.42. The molecular weight excluding hydrogens is 218 g/mol. The highest BCUT2D eigenvalue weighted by atomic mass is 32.2.